The summed E-state index contributed by atoms with van der Waals surface area (Å²) in [6.45, 7) is 3.78. The predicted octanol–water partition coefficient (Wildman–Crippen LogP) is 2.42. The molecule has 0 heterocycles. The fraction of sp³-hybridized carbons (Fsp3) is 0.500. The van der Waals surface area contributed by atoms with Gasteiger partial charge in [0.15, 0.2) is 0 Å². The Morgan fingerprint density at radius 2 is 2.00 bits per heavy atom. The average Bonchev–Trinajstić information content (AvgIpc) is 2.26. The van der Waals surface area contributed by atoms with Gasteiger partial charge in [0.2, 0.25) is 0 Å². The Balaban J connectivity index is 2.61. The van der Waals surface area contributed by atoms with Gasteiger partial charge in [0, 0.05) is 19.7 Å². The van der Waals surface area contributed by atoms with Crippen molar-refractivity contribution in [3.05, 3.63) is 30.1 Å². The zero-order valence-electron chi connectivity index (χ0n) is 9.12. The van der Waals surface area contributed by atoms with E-state index in [0.29, 0.717) is 5.69 Å². The molecule has 1 rings (SSSR count). The molecule has 1 N–H and O–H groups in total. The van der Waals surface area contributed by atoms with E-state index in [1.54, 1.807) is 12.1 Å². The van der Waals surface area contributed by atoms with Crippen molar-refractivity contribution in [1.29, 1.82) is 0 Å². The van der Waals surface area contributed by atoms with Crippen molar-refractivity contribution in [3.8, 4) is 0 Å². The van der Waals surface area contributed by atoms with E-state index in [1.165, 1.54) is 6.07 Å². The zero-order valence-corrected chi connectivity index (χ0v) is 9.12. The maximum Gasteiger partial charge on any atom is 0.146 e. The molecule has 0 aromatic heterocycles. The number of para-hydroxylation sites is 1. The fourth-order valence-electron chi connectivity index (χ4n) is 1.57. The topological polar surface area (TPSA) is 23.5 Å². The lowest BCUT2D eigenvalue weighted by atomic mass is 10.2. The summed E-state index contributed by atoms with van der Waals surface area (Å²) >= 11 is 0. The van der Waals surface area contributed by atoms with Crippen LogP contribution in [0.15, 0.2) is 24.3 Å². The zero-order chi connectivity index (χ0) is 11.1. The lowest BCUT2D eigenvalue weighted by Gasteiger charge is -2.23. The molecule has 0 amide bonds. The van der Waals surface area contributed by atoms with Crippen LogP contribution in [0.3, 0.4) is 0 Å². The second kappa shape index (κ2) is 6.40. The van der Waals surface area contributed by atoms with Crippen LogP contribution in [0.2, 0.25) is 0 Å². The maximum absolute atomic E-state index is 13.4. The number of rotatable bonds is 6. The monoisotopic (exact) mass is 211 g/mol. The summed E-state index contributed by atoms with van der Waals surface area (Å²) in [4.78, 5) is 1.99. The van der Waals surface area contributed by atoms with Gasteiger partial charge in [-0.2, -0.15) is 0 Å². The molecule has 0 saturated carbocycles. The van der Waals surface area contributed by atoms with Gasteiger partial charge in [0.05, 0.1) is 5.69 Å². The van der Waals surface area contributed by atoms with Crippen LogP contribution in [0.5, 0.6) is 0 Å². The molecule has 2 nitrogen and oxygen atoms in total. The lowest BCUT2D eigenvalue weighted by Crippen LogP contribution is -2.25. The van der Waals surface area contributed by atoms with Crippen LogP contribution in [-0.4, -0.2) is 24.8 Å². The van der Waals surface area contributed by atoms with Gasteiger partial charge >= 0.3 is 0 Å². The number of halogens is 1. The van der Waals surface area contributed by atoms with Gasteiger partial charge < -0.3 is 10.0 Å². The summed E-state index contributed by atoms with van der Waals surface area (Å²) in [5, 5.41) is 8.68. The van der Waals surface area contributed by atoms with Gasteiger partial charge in [0.1, 0.15) is 5.82 Å². The first-order valence-corrected chi connectivity index (χ1v) is 5.40. The van der Waals surface area contributed by atoms with E-state index in [2.05, 4.69) is 0 Å². The van der Waals surface area contributed by atoms with E-state index in [-0.39, 0.29) is 12.4 Å². The SMILES string of the molecule is CCN(CCCCO)c1ccccc1F. The van der Waals surface area contributed by atoms with Crippen molar-refractivity contribution >= 4 is 5.69 Å². The van der Waals surface area contributed by atoms with Crippen molar-refractivity contribution in [2.45, 2.75) is 19.8 Å². The van der Waals surface area contributed by atoms with E-state index in [4.69, 9.17) is 5.11 Å². The molecule has 1 aromatic carbocycles. The number of hydrogen-bond donors (Lipinski definition) is 1. The molecule has 0 aliphatic heterocycles. The molecule has 0 bridgehead atoms. The van der Waals surface area contributed by atoms with E-state index >= 15 is 0 Å². The van der Waals surface area contributed by atoms with E-state index < -0.39 is 0 Å². The summed E-state index contributed by atoms with van der Waals surface area (Å²) in [6, 6.07) is 6.80. The summed E-state index contributed by atoms with van der Waals surface area (Å²) in [6.07, 6.45) is 1.66. The Morgan fingerprint density at radius 3 is 2.60 bits per heavy atom. The first kappa shape index (κ1) is 12.0. The highest BCUT2D eigenvalue weighted by atomic mass is 19.1. The highest BCUT2D eigenvalue weighted by Gasteiger charge is 2.07. The normalized spacial score (nSPS) is 10.3. The Kier molecular flexibility index (Phi) is 5.12. The highest BCUT2D eigenvalue weighted by molar-refractivity contribution is 5.47. The van der Waals surface area contributed by atoms with Gasteiger partial charge in [-0.25, -0.2) is 4.39 Å². The minimum atomic E-state index is -0.177. The highest BCUT2D eigenvalue weighted by Crippen LogP contribution is 2.18. The standard InChI is InChI=1S/C12H18FNO/c1-2-14(9-5-6-10-15)12-8-4-3-7-11(12)13/h3-4,7-8,15H,2,5-6,9-10H2,1H3. The molecule has 15 heavy (non-hydrogen) atoms. The molecule has 0 unspecified atom stereocenters. The molecule has 0 atom stereocenters. The van der Waals surface area contributed by atoms with Gasteiger partial charge in [0.25, 0.3) is 0 Å². The number of aliphatic hydroxyl groups excluding tert-OH is 1. The third-order valence-corrected chi connectivity index (χ3v) is 2.41. The largest absolute Gasteiger partial charge is 0.396 e. The second-order valence-electron chi connectivity index (χ2n) is 3.46. The number of nitrogens with zero attached hydrogens (tertiary/aromatic N) is 1. The number of hydrogen-bond acceptors (Lipinski definition) is 2. The molecule has 3 heteroatoms. The minimum Gasteiger partial charge on any atom is -0.396 e. The molecule has 84 valence electrons. The van der Waals surface area contributed by atoms with Crippen LogP contribution in [-0.2, 0) is 0 Å². The van der Waals surface area contributed by atoms with Gasteiger partial charge in [-0.05, 0) is 31.9 Å². The molecule has 0 spiro atoms. The van der Waals surface area contributed by atoms with E-state index in [0.717, 1.165) is 25.9 Å². The lowest BCUT2D eigenvalue weighted by molar-refractivity contribution is 0.285. The van der Waals surface area contributed by atoms with Gasteiger partial charge in [-0.3, -0.25) is 0 Å². The predicted molar refractivity (Wildman–Crippen MR) is 60.6 cm³/mol. The molecule has 1 aromatic rings. The number of unbranched alkanes of at least 4 members (excludes halogenated alkanes) is 1. The van der Waals surface area contributed by atoms with Crippen LogP contribution >= 0.6 is 0 Å². The van der Waals surface area contributed by atoms with Crippen molar-refractivity contribution in [3.63, 3.8) is 0 Å². The van der Waals surface area contributed by atoms with Crippen molar-refractivity contribution < 1.29 is 9.50 Å². The second-order valence-corrected chi connectivity index (χ2v) is 3.46. The Labute approximate surface area is 90.3 Å². The minimum absolute atomic E-state index is 0.177. The van der Waals surface area contributed by atoms with Crippen LogP contribution < -0.4 is 4.90 Å². The van der Waals surface area contributed by atoms with Crippen LogP contribution in [0.25, 0.3) is 0 Å². The van der Waals surface area contributed by atoms with Crippen LogP contribution in [0, 0.1) is 5.82 Å². The number of anilines is 1. The smallest absolute Gasteiger partial charge is 0.146 e. The molecule has 0 aliphatic carbocycles. The van der Waals surface area contributed by atoms with Gasteiger partial charge in [-0.15, -0.1) is 0 Å². The van der Waals surface area contributed by atoms with E-state index in [1.807, 2.05) is 17.9 Å². The molecular formula is C12H18FNO. The summed E-state index contributed by atoms with van der Waals surface area (Å²) < 4.78 is 13.4. The van der Waals surface area contributed by atoms with Crippen LogP contribution in [0.1, 0.15) is 19.8 Å². The third-order valence-electron chi connectivity index (χ3n) is 2.41. The fourth-order valence-corrected chi connectivity index (χ4v) is 1.57. The van der Waals surface area contributed by atoms with Crippen molar-refractivity contribution in [2.75, 3.05) is 24.6 Å². The Hall–Kier alpha value is -1.09. The molecule has 0 fully saturated rings. The third kappa shape index (κ3) is 3.51. The average molecular weight is 211 g/mol. The Morgan fingerprint density at radius 1 is 1.27 bits per heavy atom. The van der Waals surface area contributed by atoms with Crippen molar-refractivity contribution in [1.82, 2.24) is 0 Å². The van der Waals surface area contributed by atoms with Gasteiger partial charge in [-0.1, -0.05) is 12.1 Å². The maximum atomic E-state index is 13.4. The van der Waals surface area contributed by atoms with E-state index in [9.17, 15) is 4.39 Å². The Bertz CT molecular complexity index is 291. The molecule has 0 saturated heterocycles. The first-order valence-electron chi connectivity index (χ1n) is 5.40. The van der Waals surface area contributed by atoms with Crippen molar-refractivity contribution in [2.24, 2.45) is 0 Å². The quantitative estimate of drug-likeness (QED) is 0.730. The summed E-state index contributed by atoms with van der Waals surface area (Å²) in [7, 11) is 0. The van der Waals surface area contributed by atoms with Crippen LogP contribution in [0.4, 0.5) is 10.1 Å². The molecule has 0 aliphatic rings. The first-order chi connectivity index (χ1) is 7.29. The summed E-state index contributed by atoms with van der Waals surface area (Å²) in [5.41, 5.74) is 0.651. The number of benzene rings is 1. The molecular weight excluding hydrogens is 193 g/mol. The summed E-state index contributed by atoms with van der Waals surface area (Å²) in [5.74, 6) is -0.177. The molecule has 0 radical (unpaired) electrons. The number of aliphatic hydroxyl groups is 1.